The van der Waals surface area contributed by atoms with Gasteiger partial charge in [-0.25, -0.2) is 4.39 Å². The van der Waals surface area contributed by atoms with Crippen molar-refractivity contribution in [2.24, 2.45) is 0 Å². The summed E-state index contributed by atoms with van der Waals surface area (Å²) in [5.41, 5.74) is 2.90. The Morgan fingerprint density at radius 3 is 2.33 bits per heavy atom. The maximum atomic E-state index is 12.9. The van der Waals surface area contributed by atoms with Crippen LogP contribution in [0.15, 0.2) is 36.4 Å². The van der Waals surface area contributed by atoms with E-state index in [2.05, 4.69) is 0 Å². The lowest BCUT2D eigenvalue weighted by atomic mass is 9.97. The maximum Gasteiger partial charge on any atom is 0.194 e. The third-order valence-electron chi connectivity index (χ3n) is 2.80. The second-order valence-electron chi connectivity index (χ2n) is 4.27. The lowest BCUT2D eigenvalue weighted by Crippen LogP contribution is -2.05. The fourth-order valence-corrected chi connectivity index (χ4v) is 2.14. The Labute approximate surface area is 110 Å². The number of carbonyl (C=O) groups excluding carboxylic acids is 1. The first-order valence-electron chi connectivity index (χ1n) is 5.56. The number of halogens is 2. The van der Waals surface area contributed by atoms with E-state index in [0.717, 1.165) is 17.2 Å². The molecule has 0 unspecified atom stereocenters. The van der Waals surface area contributed by atoms with Crippen molar-refractivity contribution >= 4 is 17.4 Å². The molecule has 0 bridgehead atoms. The Bertz CT molecular complexity index is 566. The van der Waals surface area contributed by atoms with E-state index in [9.17, 15) is 9.18 Å². The van der Waals surface area contributed by atoms with Crippen LogP contribution in [-0.2, 0) is 0 Å². The SMILES string of the molecule is Cc1ccc(C(=O)c2ccc(F)cc2Cl)c(C)c1. The van der Waals surface area contributed by atoms with Crippen LogP contribution in [0.3, 0.4) is 0 Å². The van der Waals surface area contributed by atoms with Gasteiger partial charge in [-0.1, -0.05) is 35.4 Å². The quantitative estimate of drug-likeness (QED) is 0.737. The molecule has 0 saturated carbocycles. The number of hydrogen-bond acceptors (Lipinski definition) is 1. The van der Waals surface area contributed by atoms with Gasteiger partial charge in [0.1, 0.15) is 5.82 Å². The van der Waals surface area contributed by atoms with Gasteiger partial charge in [-0.05, 0) is 37.6 Å². The molecule has 2 aromatic rings. The molecule has 0 aliphatic heterocycles. The highest BCUT2D eigenvalue weighted by Gasteiger charge is 2.15. The van der Waals surface area contributed by atoms with E-state index in [4.69, 9.17) is 11.6 Å². The van der Waals surface area contributed by atoms with Crippen LogP contribution in [-0.4, -0.2) is 5.78 Å². The Kier molecular flexibility index (Phi) is 3.48. The zero-order valence-electron chi connectivity index (χ0n) is 10.1. The smallest absolute Gasteiger partial charge is 0.194 e. The monoisotopic (exact) mass is 262 g/mol. The molecule has 92 valence electrons. The summed E-state index contributed by atoms with van der Waals surface area (Å²) in [5.74, 6) is -0.630. The maximum absolute atomic E-state index is 12.9. The number of aryl methyl sites for hydroxylation is 2. The minimum atomic E-state index is -0.447. The standard InChI is InChI=1S/C15H12ClFO/c1-9-3-5-12(10(2)7-9)15(18)13-6-4-11(17)8-14(13)16/h3-8H,1-2H3. The summed E-state index contributed by atoms with van der Waals surface area (Å²) in [6, 6.07) is 9.38. The molecular weight excluding hydrogens is 251 g/mol. The number of rotatable bonds is 2. The summed E-state index contributed by atoms with van der Waals surface area (Å²) >= 11 is 5.90. The van der Waals surface area contributed by atoms with Gasteiger partial charge in [0, 0.05) is 11.1 Å². The second-order valence-corrected chi connectivity index (χ2v) is 4.68. The molecule has 18 heavy (non-hydrogen) atoms. The van der Waals surface area contributed by atoms with Crippen LogP contribution >= 0.6 is 11.6 Å². The van der Waals surface area contributed by atoms with Crippen LogP contribution in [0.2, 0.25) is 5.02 Å². The molecule has 2 aromatic carbocycles. The van der Waals surface area contributed by atoms with Crippen LogP contribution < -0.4 is 0 Å². The molecule has 0 aliphatic carbocycles. The first kappa shape index (κ1) is 12.8. The van der Waals surface area contributed by atoms with Crippen LogP contribution in [0.25, 0.3) is 0 Å². The average molecular weight is 263 g/mol. The molecule has 2 rings (SSSR count). The van der Waals surface area contributed by atoms with Crippen LogP contribution in [0.5, 0.6) is 0 Å². The second kappa shape index (κ2) is 4.91. The molecule has 0 amide bonds. The largest absolute Gasteiger partial charge is 0.289 e. The predicted molar refractivity (Wildman–Crippen MR) is 70.8 cm³/mol. The van der Waals surface area contributed by atoms with Crippen molar-refractivity contribution in [1.29, 1.82) is 0 Å². The average Bonchev–Trinajstić information content (AvgIpc) is 2.28. The molecule has 0 aromatic heterocycles. The molecule has 0 aliphatic rings. The third-order valence-corrected chi connectivity index (χ3v) is 3.12. The number of ketones is 1. The molecule has 0 N–H and O–H groups in total. The van der Waals surface area contributed by atoms with Crippen molar-refractivity contribution < 1.29 is 9.18 Å². The van der Waals surface area contributed by atoms with E-state index in [0.29, 0.717) is 11.1 Å². The summed E-state index contributed by atoms with van der Waals surface area (Å²) in [4.78, 5) is 12.3. The third kappa shape index (κ3) is 2.44. The molecule has 0 spiro atoms. The van der Waals surface area contributed by atoms with Gasteiger partial charge in [0.05, 0.1) is 5.02 Å². The van der Waals surface area contributed by atoms with Gasteiger partial charge in [0.15, 0.2) is 5.78 Å². The van der Waals surface area contributed by atoms with Crippen molar-refractivity contribution in [2.75, 3.05) is 0 Å². The van der Waals surface area contributed by atoms with Gasteiger partial charge in [0.2, 0.25) is 0 Å². The molecule has 1 nitrogen and oxygen atoms in total. The van der Waals surface area contributed by atoms with E-state index >= 15 is 0 Å². The van der Waals surface area contributed by atoms with Gasteiger partial charge in [-0.15, -0.1) is 0 Å². The Balaban J connectivity index is 2.48. The van der Waals surface area contributed by atoms with Crippen LogP contribution in [0.4, 0.5) is 4.39 Å². The van der Waals surface area contributed by atoms with Gasteiger partial charge in [-0.3, -0.25) is 4.79 Å². The summed E-state index contributed by atoms with van der Waals surface area (Å²) in [5, 5.41) is 0.139. The van der Waals surface area contributed by atoms with E-state index < -0.39 is 5.82 Å². The van der Waals surface area contributed by atoms with E-state index in [1.165, 1.54) is 12.1 Å². The summed E-state index contributed by atoms with van der Waals surface area (Å²) in [6.07, 6.45) is 0. The molecule has 3 heteroatoms. The minimum Gasteiger partial charge on any atom is -0.289 e. The molecule has 0 fully saturated rings. The van der Waals surface area contributed by atoms with Crippen molar-refractivity contribution in [3.8, 4) is 0 Å². The van der Waals surface area contributed by atoms with Gasteiger partial charge >= 0.3 is 0 Å². The van der Waals surface area contributed by atoms with Crippen LogP contribution in [0.1, 0.15) is 27.0 Å². The Morgan fingerprint density at radius 1 is 1.06 bits per heavy atom. The Hall–Kier alpha value is -1.67. The van der Waals surface area contributed by atoms with Crippen LogP contribution in [0, 0.1) is 19.7 Å². The minimum absolute atomic E-state index is 0.139. The topological polar surface area (TPSA) is 17.1 Å². The van der Waals surface area contributed by atoms with Gasteiger partial charge in [-0.2, -0.15) is 0 Å². The normalized spacial score (nSPS) is 10.4. The van der Waals surface area contributed by atoms with Crippen molar-refractivity contribution in [2.45, 2.75) is 13.8 Å². The van der Waals surface area contributed by atoms with E-state index in [1.807, 2.05) is 26.0 Å². The lowest BCUT2D eigenvalue weighted by molar-refractivity contribution is 0.103. The summed E-state index contributed by atoms with van der Waals surface area (Å²) < 4.78 is 12.9. The fraction of sp³-hybridized carbons (Fsp3) is 0.133. The molecule has 0 atom stereocenters. The number of carbonyl (C=O) groups is 1. The molecular formula is C15H12ClFO. The summed E-state index contributed by atoms with van der Waals surface area (Å²) in [7, 11) is 0. The van der Waals surface area contributed by atoms with Crippen molar-refractivity contribution in [3.05, 3.63) is 69.5 Å². The van der Waals surface area contributed by atoms with Crippen molar-refractivity contribution in [1.82, 2.24) is 0 Å². The predicted octanol–water partition coefficient (Wildman–Crippen LogP) is 4.33. The number of benzene rings is 2. The summed E-state index contributed by atoms with van der Waals surface area (Å²) in [6.45, 7) is 3.84. The van der Waals surface area contributed by atoms with Gasteiger partial charge < -0.3 is 0 Å². The Morgan fingerprint density at radius 2 is 1.72 bits per heavy atom. The first-order valence-corrected chi connectivity index (χ1v) is 5.94. The van der Waals surface area contributed by atoms with E-state index in [1.54, 1.807) is 6.07 Å². The molecule has 0 saturated heterocycles. The lowest BCUT2D eigenvalue weighted by Gasteiger charge is -2.07. The van der Waals surface area contributed by atoms with Crippen molar-refractivity contribution in [3.63, 3.8) is 0 Å². The number of hydrogen-bond donors (Lipinski definition) is 0. The zero-order chi connectivity index (χ0) is 13.3. The van der Waals surface area contributed by atoms with Gasteiger partial charge in [0.25, 0.3) is 0 Å². The molecule has 0 radical (unpaired) electrons. The molecule has 0 heterocycles. The van der Waals surface area contributed by atoms with E-state index in [-0.39, 0.29) is 10.8 Å². The highest BCUT2D eigenvalue weighted by Crippen LogP contribution is 2.22. The highest BCUT2D eigenvalue weighted by molar-refractivity contribution is 6.35. The fourth-order valence-electron chi connectivity index (χ4n) is 1.89. The highest BCUT2D eigenvalue weighted by atomic mass is 35.5. The zero-order valence-corrected chi connectivity index (χ0v) is 10.9. The first-order chi connectivity index (χ1) is 8.49.